The van der Waals surface area contributed by atoms with Crippen LogP contribution in [0.3, 0.4) is 0 Å². The fourth-order valence-electron chi connectivity index (χ4n) is 2.95. The lowest BCUT2D eigenvalue weighted by Gasteiger charge is -2.37. The molecule has 1 aliphatic heterocycles. The van der Waals surface area contributed by atoms with Crippen molar-refractivity contribution in [3.05, 3.63) is 59.2 Å². The van der Waals surface area contributed by atoms with E-state index in [1.54, 1.807) is 0 Å². The summed E-state index contributed by atoms with van der Waals surface area (Å²) in [5.41, 5.74) is 2.28. The second-order valence-electron chi connectivity index (χ2n) is 6.45. The van der Waals surface area contributed by atoms with Crippen LogP contribution in [0.2, 0.25) is 0 Å². The highest BCUT2D eigenvalue weighted by atomic mass is 19.2. The number of anilines is 1. The van der Waals surface area contributed by atoms with Crippen molar-refractivity contribution < 1.29 is 31.5 Å². The summed E-state index contributed by atoms with van der Waals surface area (Å²) in [5.74, 6) is -4.36. The lowest BCUT2D eigenvalue weighted by molar-refractivity contribution is 0.00435. The largest absolute Gasteiger partial charge is 0.456 e. The number of alkyl halides is 2. The van der Waals surface area contributed by atoms with Gasteiger partial charge in [0.15, 0.2) is 23.9 Å². The summed E-state index contributed by atoms with van der Waals surface area (Å²) < 4.78 is 74.2. The summed E-state index contributed by atoms with van der Waals surface area (Å²) in [7, 11) is 0. The second-order valence-corrected chi connectivity index (χ2v) is 6.45. The Kier molecular flexibility index (Phi) is 5.40. The molecule has 6 nitrogen and oxygen atoms in total. The Morgan fingerprint density at radius 1 is 1.31 bits per heavy atom. The van der Waals surface area contributed by atoms with Crippen LogP contribution >= 0.6 is 0 Å². The number of ether oxygens (including phenoxy) is 1. The van der Waals surface area contributed by atoms with E-state index in [9.17, 15) is 26.7 Å². The quantitative estimate of drug-likeness (QED) is 0.753. The number of nitrogens with two attached hydrogens (primary N) is 1. The molecule has 0 spiro atoms. The highest BCUT2D eigenvalue weighted by Gasteiger charge is 2.48. The van der Waals surface area contributed by atoms with E-state index in [2.05, 4.69) is 15.3 Å². The van der Waals surface area contributed by atoms with Crippen LogP contribution in [-0.4, -0.2) is 35.9 Å². The molecular weight excluding hydrogens is 399 g/mol. The average molecular weight is 414 g/mol. The van der Waals surface area contributed by atoms with Crippen LogP contribution in [-0.2, 0) is 10.3 Å². The average Bonchev–Trinajstić information content (AvgIpc) is 2.67. The van der Waals surface area contributed by atoms with Crippen molar-refractivity contribution in [2.24, 2.45) is 10.7 Å². The first-order chi connectivity index (χ1) is 13.7. The highest BCUT2D eigenvalue weighted by Crippen LogP contribution is 2.40. The van der Waals surface area contributed by atoms with Crippen molar-refractivity contribution in [1.82, 2.24) is 4.98 Å². The van der Waals surface area contributed by atoms with Gasteiger partial charge in [0.2, 0.25) is 0 Å². The molecule has 0 saturated carbocycles. The third-order valence-corrected chi connectivity index (χ3v) is 4.42. The number of benzene rings is 1. The minimum absolute atomic E-state index is 0.196. The SMILES string of the molecule is C[C@]1(c2cc(NC(=O)c3ccc(F)cn3)cc(F)c2F)N=C(N)O[C@H](CF)[C@@H]1F. The van der Waals surface area contributed by atoms with Gasteiger partial charge in [-0.15, -0.1) is 0 Å². The van der Waals surface area contributed by atoms with Crippen molar-refractivity contribution >= 4 is 17.6 Å². The van der Waals surface area contributed by atoms with Gasteiger partial charge >= 0.3 is 0 Å². The van der Waals surface area contributed by atoms with Crippen molar-refractivity contribution in [1.29, 1.82) is 0 Å². The zero-order valence-electron chi connectivity index (χ0n) is 14.9. The third kappa shape index (κ3) is 3.84. The van der Waals surface area contributed by atoms with Gasteiger partial charge in [0, 0.05) is 17.3 Å². The second kappa shape index (κ2) is 7.64. The molecule has 0 aliphatic carbocycles. The molecule has 0 saturated heterocycles. The summed E-state index contributed by atoms with van der Waals surface area (Å²) in [5, 5.41) is 2.26. The number of amidine groups is 1. The standard InChI is InChI=1S/C18H15F5N4O2/c1-18(15(23)13(6-19)29-17(24)27-18)10-4-9(5-11(21)14(10)22)26-16(28)12-3-2-8(20)7-25-12/h2-5,7,13,15H,6H2,1H3,(H2,24,27)(H,26,28)/t13-,15+,18-/m1/s1. The molecule has 3 atom stereocenters. The van der Waals surface area contributed by atoms with Crippen LogP contribution in [0.5, 0.6) is 0 Å². The first-order valence-electron chi connectivity index (χ1n) is 8.30. The zero-order valence-corrected chi connectivity index (χ0v) is 14.9. The van der Waals surface area contributed by atoms with Gasteiger partial charge in [-0.05, 0) is 25.1 Å². The maximum absolute atomic E-state index is 14.8. The Balaban J connectivity index is 2.00. The maximum atomic E-state index is 14.8. The number of halogens is 5. The Bertz CT molecular complexity index is 969. The van der Waals surface area contributed by atoms with Gasteiger partial charge < -0.3 is 15.8 Å². The molecule has 3 N–H and O–H groups in total. The number of carbonyl (C=O) groups excluding carboxylic acids is 1. The Morgan fingerprint density at radius 2 is 2.03 bits per heavy atom. The van der Waals surface area contributed by atoms with E-state index < -0.39 is 59.4 Å². The van der Waals surface area contributed by atoms with Gasteiger partial charge in [-0.2, -0.15) is 0 Å². The molecule has 2 heterocycles. The number of carbonyl (C=O) groups is 1. The van der Waals surface area contributed by atoms with Crippen molar-refractivity contribution in [2.45, 2.75) is 24.7 Å². The van der Waals surface area contributed by atoms with Gasteiger partial charge in [-0.1, -0.05) is 0 Å². The van der Waals surface area contributed by atoms with Gasteiger partial charge in [-0.25, -0.2) is 31.9 Å². The molecule has 1 aliphatic rings. The number of aliphatic imine (C=N–C) groups is 1. The molecule has 154 valence electrons. The number of rotatable bonds is 4. The lowest BCUT2D eigenvalue weighted by atomic mass is 9.84. The van der Waals surface area contributed by atoms with E-state index in [0.717, 1.165) is 31.3 Å². The molecule has 1 aromatic carbocycles. The minimum atomic E-state index is -2.20. The van der Waals surface area contributed by atoms with Crippen molar-refractivity contribution in [2.75, 3.05) is 12.0 Å². The van der Waals surface area contributed by atoms with E-state index >= 15 is 0 Å². The topological polar surface area (TPSA) is 89.6 Å². The monoisotopic (exact) mass is 414 g/mol. The predicted molar refractivity (Wildman–Crippen MR) is 93.2 cm³/mol. The highest BCUT2D eigenvalue weighted by molar-refractivity contribution is 6.02. The van der Waals surface area contributed by atoms with Crippen LogP contribution in [0, 0.1) is 17.5 Å². The first-order valence-corrected chi connectivity index (χ1v) is 8.30. The number of nitrogens with zero attached hydrogens (tertiary/aromatic N) is 2. The molecule has 0 radical (unpaired) electrons. The summed E-state index contributed by atoms with van der Waals surface area (Å²) in [6.45, 7) is -0.176. The number of pyridine rings is 1. The number of hydrogen-bond donors (Lipinski definition) is 2. The van der Waals surface area contributed by atoms with E-state index in [-0.39, 0.29) is 11.4 Å². The van der Waals surface area contributed by atoms with Gasteiger partial charge in [-0.3, -0.25) is 4.79 Å². The van der Waals surface area contributed by atoms with Crippen LogP contribution < -0.4 is 11.1 Å². The van der Waals surface area contributed by atoms with Crippen LogP contribution in [0.25, 0.3) is 0 Å². The van der Waals surface area contributed by atoms with E-state index in [0.29, 0.717) is 6.07 Å². The fourth-order valence-corrected chi connectivity index (χ4v) is 2.95. The lowest BCUT2D eigenvalue weighted by Crippen LogP contribution is -2.50. The van der Waals surface area contributed by atoms with Crippen molar-refractivity contribution in [3.63, 3.8) is 0 Å². The molecule has 2 aromatic rings. The van der Waals surface area contributed by atoms with Gasteiger partial charge in [0.25, 0.3) is 11.9 Å². The third-order valence-electron chi connectivity index (χ3n) is 4.42. The number of hydrogen-bond acceptors (Lipinski definition) is 5. The summed E-state index contributed by atoms with van der Waals surface area (Å²) in [6.07, 6.45) is -3.06. The maximum Gasteiger partial charge on any atom is 0.283 e. The van der Waals surface area contributed by atoms with E-state index in [1.807, 2.05) is 0 Å². The molecule has 3 rings (SSSR count). The summed E-state index contributed by atoms with van der Waals surface area (Å²) >= 11 is 0. The molecule has 0 unspecified atom stereocenters. The molecule has 1 aromatic heterocycles. The first kappa shape index (κ1) is 20.5. The number of aromatic nitrogens is 1. The Morgan fingerprint density at radius 3 is 2.66 bits per heavy atom. The number of nitrogens with one attached hydrogen (secondary N) is 1. The minimum Gasteiger partial charge on any atom is -0.456 e. The van der Waals surface area contributed by atoms with E-state index in [1.165, 1.54) is 0 Å². The summed E-state index contributed by atoms with van der Waals surface area (Å²) in [6, 6.07) is 3.09. The van der Waals surface area contributed by atoms with Crippen molar-refractivity contribution in [3.8, 4) is 0 Å². The normalized spacial score (nSPS) is 23.9. The fraction of sp³-hybridized carbons (Fsp3) is 0.278. The van der Waals surface area contributed by atoms with E-state index in [4.69, 9.17) is 10.5 Å². The number of amides is 1. The predicted octanol–water partition coefficient (Wildman–Crippen LogP) is 2.99. The van der Waals surface area contributed by atoms with Crippen LogP contribution in [0.15, 0.2) is 35.5 Å². The van der Waals surface area contributed by atoms with Crippen LogP contribution in [0.4, 0.5) is 27.6 Å². The molecule has 0 fully saturated rings. The van der Waals surface area contributed by atoms with Gasteiger partial charge in [0.1, 0.15) is 23.7 Å². The van der Waals surface area contributed by atoms with Crippen LogP contribution in [0.1, 0.15) is 23.0 Å². The molecule has 1 amide bonds. The molecule has 29 heavy (non-hydrogen) atoms. The Hall–Kier alpha value is -3.24. The smallest absolute Gasteiger partial charge is 0.283 e. The zero-order chi connectivity index (χ0) is 21.3. The Labute approximate surface area is 161 Å². The van der Waals surface area contributed by atoms with Gasteiger partial charge in [0.05, 0.1) is 6.20 Å². The molecule has 0 bridgehead atoms. The molecule has 11 heteroatoms. The molecular formula is C18H15F5N4O2. The summed E-state index contributed by atoms with van der Waals surface area (Å²) in [4.78, 5) is 19.5.